The van der Waals surface area contributed by atoms with E-state index in [9.17, 15) is 5.11 Å². The Bertz CT molecular complexity index is 666. The number of hydrogen-bond donors (Lipinski definition) is 1. The van der Waals surface area contributed by atoms with Crippen molar-refractivity contribution < 1.29 is 9.84 Å². The number of benzene rings is 1. The zero-order valence-corrected chi connectivity index (χ0v) is 16.4. The number of phenols is 1. The molecule has 2 bridgehead atoms. The molecule has 0 unspecified atom stereocenters. The molecule has 3 rings (SSSR count). The van der Waals surface area contributed by atoms with Crippen LogP contribution in [-0.4, -0.2) is 41.8 Å². The topological polar surface area (TPSA) is 32.7 Å². The summed E-state index contributed by atoms with van der Waals surface area (Å²) in [6.45, 7) is 17.9. The van der Waals surface area contributed by atoms with Crippen LogP contribution in [0.2, 0.25) is 0 Å². The van der Waals surface area contributed by atoms with Crippen molar-refractivity contribution in [2.24, 2.45) is 5.41 Å². The molecule has 3 heteroatoms. The number of likely N-dealkylation sites (tertiary alicyclic amines) is 1. The van der Waals surface area contributed by atoms with Crippen molar-refractivity contribution in [2.45, 2.75) is 65.0 Å². The van der Waals surface area contributed by atoms with Gasteiger partial charge in [-0.15, -0.1) is 0 Å². The summed E-state index contributed by atoms with van der Waals surface area (Å²) in [6.07, 6.45) is 2.21. The van der Waals surface area contributed by atoms with Crippen molar-refractivity contribution >= 4 is 0 Å². The summed E-state index contributed by atoms with van der Waals surface area (Å²) >= 11 is 0. The molecule has 1 fully saturated rings. The lowest BCUT2D eigenvalue weighted by atomic mass is 9.51. The molecule has 1 N–H and O–H groups in total. The van der Waals surface area contributed by atoms with Crippen LogP contribution in [0.25, 0.3) is 0 Å². The number of aromatic hydroxyl groups is 1. The average Bonchev–Trinajstić information content (AvgIpc) is 2.52. The van der Waals surface area contributed by atoms with Crippen molar-refractivity contribution in [1.82, 2.24) is 4.90 Å². The van der Waals surface area contributed by atoms with Crippen molar-refractivity contribution in [1.29, 1.82) is 0 Å². The van der Waals surface area contributed by atoms with E-state index in [1.54, 1.807) is 0 Å². The molecule has 1 aliphatic heterocycles. The highest BCUT2D eigenvalue weighted by molar-refractivity contribution is 5.48. The summed E-state index contributed by atoms with van der Waals surface area (Å²) in [4.78, 5) is 2.58. The highest BCUT2D eigenvalue weighted by Crippen LogP contribution is 2.57. The van der Waals surface area contributed by atoms with E-state index in [2.05, 4.69) is 45.2 Å². The molecule has 0 saturated carbocycles. The van der Waals surface area contributed by atoms with E-state index < -0.39 is 0 Å². The fourth-order valence-corrected chi connectivity index (χ4v) is 4.92. The molecule has 0 radical (unpaired) electrons. The molecular formula is C22H33NO2. The predicted molar refractivity (Wildman–Crippen MR) is 103 cm³/mol. The Kier molecular flexibility index (Phi) is 4.76. The van der Waals surface area contributed by atoms with Gasteiger partial charge in [-0.05, 0) is 55.8 Å². The number of fused-ring (bicyclic) bond motifs is 4. The number of ether oxygens (including phenoxy) is 1. The fraction of sp³-hybridized carbons (Fsp3) is 0.636. The quantitative estimate of drug-likeness (QED) is 0.810. The van der Waals surface area contributed by atoms with Gasteiger partial charge in [0.05, 0.1) is 12.7 Å². The molecule has 3 atom stereocenters. The lowest BCUT2D eigenvalue weighted by Gasteiger charge is -2.61. The standard InChI is InChI=1S/C22H33NO2/c1-15(2)14-25-16(3)13-23-11-10-22(6)18-8-7-9-19(24)17(18)12-20(23)21(22,4)5/h7-9,16,20,24H,1,10-14H2,2-6H3/t16-,20+,22-/m0/s1. The van der Waals surface area contributed by atoms with Crippen molar-refractivity contribution in [3.8, 4) is 5.75 Å². The Hall–Kier alpha value is -1.32. The van der Waals surface area contributed by atoms with E-state index in [4.69, 9.17) is 4.74 Å². The van der Waals surface area contributed by atoms with Crippen molar-refractivity contribution in [3.05, 3.63) is 41.5 Å². The van der Waals surface area contributed by atoms with Gasteiger partial charge < -0.3 is 9.84 Å². The van der Waals surface area contributed by atoms with Gasteiger partial charge in [-0.1, -0.05) is 45.1 Å². The maximum absolute atomic E-state index is 10.5. The third kappa shape index (κ3) is 3.02. The molecule has 1 heterocycles. The number of rotatable bonds is 5. The van der Waals surface area contributed by atoms with Crippen LogP contribution in [0.5, 0.6) is 5.75 Å². The average molecular weight is 344 g/mol. The number of phenolic OH excluding ortho intramolecular Hbond substituents is 1. The van der Waals surface area contributed by atoms with Gasteiger partial charge in [0.2, 0.25) is 0 Å². The Morgan fingerprint density at radius 2 is 2.12 bits per heavy atom. The Morgan fingerprint density at radius 3 is 2.80 bits per heavy atom. The van der Waals surface area contributed by atoms with Crippen LogP contribution in [0, 0.1) is 5.41 Å². The molecule has 0 amide bonds. The first-order valence-corrected chi connectivity index (χ1v) is 9.48. The SMILES string of the molecule is C=C(C)CO[C@@H](C)CN1CC[C@@]2(C)c3cccc(O)c3C[C@@H]1C2(C)C. The zero-order valence-electron chi connectivity index (χ0n) is 16.4. The first kappa shape index (κ1) is 18.5. The number of hydrogen-bond acceptors (Lipinski definition) is 3. The normalized spacial score (nSPS) is 29.1. The molecule has 138 valence electrons. The van der Waals surface area contributed by atoms with E-state index in [1.165, 1.54) is 5.56 Å². The van der Waals surface area contributed by atoms with Crippen molar-refractivity contribution in [2.75, 3.05) is 19.7 Å². The summed E-state index contributed by atoms with van der Waals surface area (Å²) in [6, 6.07) is 6.47. The van der Waals surface area contributed by atoms with Gasteiger partial charge in [0.25, 0.3) is 0 Å². The van der Waals surface area contributed by atoms with E-state index in [-0.39, 0.29) is 16.9 Å². The minimum absolute atomic E-state index is 0.0995. The largest absolute Gasteiger partial charge is 0.508 e. The smallest absolute Gasteiger partial charge is 0.119 e. The van der Waals surface area contributed by atoms with Gasteiger partial charge in [-0.25, -0.2) is 0 Å². The summed E-state index contributed by atoms with van der Waals surface area (Å²) in [5, 5.41) is 10.5. The van der Waals surface area contributed by atoms with Gasteiger partial charge in [0, 0.05) is 18.0 Å². The second-order valence-corrected chi connectivity index (χ2v) is 8.90. The lowest BCUT2D eigenvalue weighted by Crippen LogP contribution is -2.64. The molecule has 0 aromatic heterocycles. The lowest BCUT2D eigenvalue weighted by molar-refractivity contribution is -0.0606. The Balaban J connectivity index is 1.87. The molecule has 25 heavy (non-hydrogen) atoms. The second kappa shape index (κ2) is 6.44. The maximum Gasteiger partial charge on any atom is 0.119 e. The zero-order chi connectivity index (χ0) is 18.4. The summed E-state index contributed by atoms with van der Waals surface area (Å²) in [5.41, 5.74) is 3.81. The summed E-state index contributed by atoms with van der Waals surface area (Å²) in [7, 11) is 0. The predicted octanol–water partition coefficient (Wildman–Crippen LogP) is 4.29. The molecule has 0 spiro atoms. The molecule has 3 nitrogen and oxygen atoms in total. The maximum atomic E-state index is 10.5. The van der Waals surface area contributed by atoms with Crippen LogP contribution < -0.4 is 0 Å². The molecule has 1 saturated heterocycles. The fourth-order valence-electron chi connectivity index (χ4n) is 4.92. The first-order valence-electron chi connectivity index (χ1n) is 9.48. The van der Waals surface area contributed by atoms with E-state index in [0.29, 0.717) is 18.4 Å². The Morgan fingerprint density at radius 1 is 1.40 bits per heavy atom. The minimum Gasteiger partial charge on any atom is -0.508 e. The van der Waals surface area contributed by atoms with Crippen LogP contribution in [0.15, 0.2) is 30.4 Å². The number of piperidine rings is 1. The molecular weight excluding hydrogens is 310 g/mol. The van der Waals surface area contributed by atoms with Crippen LogP contribution in [0.1, 0.15) is 52.2 Å². The van der Waals surface area contributed by atoms with Gasteiger partial charge >= 0.3 is 0 Å². The monoisotopic (exact) mass is 343 g/mol. The molecule has 1 aliphatic carbocycles. The van der Waals surface area contributed by atoms with Gasteiger partial charge in [0.1, 0.15) is 5.75 Å². The van der Waals surface area contributed by atoms with Crippen LogP contribution in [-0.2, 0) is 16.6 Å². The van der Waals surface area contributed by atoms with Gasteiger partial charge in [0.15, 0.2) is 0 Å². The van der Waals surface area contributed by atoms with Gasteiger partial charge in [-0.2, -0.15) is 0 Å². The molecule has 2 aliphatic rings. The van der Waals surface area contributed by atoms with Crippen LogP contribution in [0.3, 0.4) is 0 Å². The second-order valence-electron chi connectivity index (χ2n) is 8.90. The van der Waals surface area contributed by atoms with Crippen LogP contribution >= 0.6 is 0 Å². The molecule has 1 aromatic rings. The third-order valence-electron chi connectivity index (χ3n) is 6.84. The van der Waals surface area contributed by atoms with E-state index in [0.717, 1.165) is 37.1 Å². The van der Waals surface area contributed by atoms with Gasteiger partial charge in [-0.3, -0.25) is 4.90 Å². The van der Waals surface area contributed by atoms with E-state index in [1.807, 2.05) is 19.1 Å². The minimum atomic E-state index is 0.0995. The Labute approximate surface area is 152 Å². The summed E-state index contributed by atoms with van der Waals surface area (Å²) in [5.74, 6) is 0.456. The number of nitrogens with zero attached hydrogens (tertiary/aromatic N) is 1. The first-order chi connectivity index (χ1) is 11.7. The highest BCUT2D eigenvalue weighted by atomic mass is 16.5. The highest BCUT2D eigenvalue weighted by Gasteiger charge is 2.56. The third-order valence-corrected chi connectivity index (χ3v) is 6.84. The van der Waals surface area contributed by atoms with Crippen LogP contribution in [0.4, 0.5) is 0 Å². The van der Waals surface area contributed by atoms with Crippen molar-refractivity contribution in [3.63, 3.8) is 0 Å². The summed E-state index contributed by atoms with van der Waals surface area (Å²) < 4.78 is 5.94. The molecule has 1 aromatic carbocycles. The van der Waals surface area contributed by atoms with E-state index >= 15 is 0 Å².